The molecule has 0 aromatic carbocycles. The summed E-state index contributed by atoms with van der Waals surface area (Å²) >= 11 is 9.11. The van der Waals surface area contributed by atoms with Crippen LogP contribution in [0.25, 0.3) is 0 Å². The molecule has 0 rings (SSSR count). The van der Waals surface area contributed by atoms with Gasteiger partial charge in [-0.1, -0.05) is 26.7 Å². The Bertz CT molecular complexity index is 19.0. The second-order valence-electron chi connectivity index (χ2n) is 1.41. The van der Waals surface area contributed by atoms with Crippen molar-refractivity contribution < 1.29 is 18.6 Å². The van der Waals surface area contributed by atoms with Crippen LogP contribution >= 0.6 is 0 Å². The average molecular weight is 201 g/mol. The van der Waals surface area contributed by atoms with Crippen LogP contribution in [0.3, 0.4) is 0 Å². The van der Waals surface area contributed by atoms with Crippen molar-refractivity contribution in [1.29, 1.82) is 0 Å². The van der Waals surface area contributed by atoms with E-state index in [1.165, 1.54) is 0 Å². The SMILES string of the molecule is CCC[S-].CCC[S-].[V+2]. The van der Waals surface area contributed by atoms with E-state index >= 15 is 0 Å². The first-order valence-electron chi connectivity index (χ1n) is 2.99. The van der Waals surface area contributed by atoms with Gasteiger partial charge < -0.3 is 25.3 Å². The van der Waals surface area contributed by atoms with Crippen LogP contribution in [-0.2, 0) is 43.8 Å². The molecule has 0 spiro atoms. The summed E-state index contributed by atoms with van der Waals surface area (Å²) in [5, 5.41) is 0. The van der Waals surface area contributed by atoms with Crippen LogP contribution in [0.15, 0.2) is 0 Å². The number of hydrogen-bond acceptors (Lipinski definition) is 2. The maximum Gasteiger partial charge on any atom is 2.00 e. The minimum absolute atomic E-state index is 0. The van der Waals surface area contributed by atoms with Crippen LogP contribution in [0.4, 0.5) is 0 Å². The van der Waals surface area contributed by atoms with E-state index in [1.54, 1.807) is 0 Å². The number of hydrogen-bond donors (Lipinski definition) is 0. The third-order valence-electron chi connectivity index (χ3n) is 0.408. The summed E-state index contributed by atoms with van der Waals surface area (Å²) in [6.45, 7) is 4.15. The van der Waals surface area contributed by atoms with Crippen molar-refractivity contribution in [1.82, 2.24) is 0 Å². The summed E-state index contributed by atoms with van der Waals surface area (Å²) < 4.78 is 0. The minimum Gasteiger partial charge on any atom is -0.793 e. The molecule has 3 heteroatoms. The monoisotopic (exact) mass is 201 g/mol. The molecule has 0 aromatic rings. The van der Waals surface area contributed by atoms with Crippen molar-refractivity contribution in [2.45, 2.75) is 26.7 Å². The van der Waals surface area contributed by atoms with Crippen molar-refractivity contribution in [2.24, 2.45) is 0 Å². The van der Waals surface area contributed by atoms with Gasteiger partial charge in [-0.25, -0.2) is 0 Å². The van der Waals surface area contributed by atoms with Crippen LogP contribution in [0.5, 0.6) is 0 Å². The molecule has 0 saturated heterocycles. The second-order valence-corrected chi connectivity index (χ2v) is 2.22. The second kappa shape index (κ2) is 22.8. The molecular weight excluding hydrogens is 187 g/mol. The van der Waals surface area contributed by atoms with Gasteiger partial charge in [0.1, 0.15) is 0 Å². The zero-order chi connectivity index (χ0) is 6.83. The van der Waals surface area contributed by atoms with Crippen LogP contribution in [-0.4, -0.2) is 11.5 Å². The van der Waals surface area contributed by atoms with Crippen LogP contribution in [0.1, 0.15) is 26.7 Å². The standard InChI is InChI=1S/2C3H8S.V/c2*1-2-3-4;/h2*4H,2-3H2,1H3;/q;;+2/p-2. The predicted molar refractivity (Wildman–Crippen MR) is 45.0 cm³/mol. The quantitative estimate of drug-likeness (QED) is 0.626. The smallest absolute Gasteiger partial charge is 0.793 e. The van der Waals surface area contributed by atoms with Crippen molar-refractivity contribution in [2.75, 3.05) is 11.5 Å². The zero-order valence-electron chi connectivity index (χ0n) is 6.09. The fourth-order valence-electron chi connectivity index (χ4n) is 0. The van der Waals surface area contributed by atoms with Gasteiger partial charge in [-0.2, -0.15) is 11.5 Å². The zero-order valence-corrected chi connectivity index (χ0v) is 9.12. The van der Waals surface area contributed by atoms with Gasteiger partial charge in [0.2, 0.25) is 0 Å². The molecule has 0 bridgehead atoms. The molecule has 0 aliphatic heterocycles. The maximum atomic E-state index is 4.55. The molecule has 0 aliphatic carbocycles. The molecule has 9 heavy (non-hydrogen) atoms. The Hall–Kier alpha value is 1.28. The van der Waals surface area contributed by atoms with E-state index in [1.807, 2.05) is 0 Å². The molecule has 0 aliphatic rings. The fraction of sp³-hybridized carbons (Fsp3) is 1.00. The van der Waals surface area contributed by atoms with Crippen molar-refractivity contribution in [3.63, 3.8) is 0 Å². The van der Waals surface area contributed by atoms with Crippen molar-refractivity contribution in [3.8, 4) is 0 Å². The summed E-state index contributed by atoms with van der Waals surface area (Å²) in [7, 11) is 0. The third-order valence-corrected chi connectivity index (χ3v) is 1.22. The van der Waals surface area contributed by atoms with Gasteiger partial charge >= 0.3 is 18.6 Å². The van der Waals surface area contributed by atoms with E-state index in [4.69, 9.17) is 0 Å². The van der Waals surface area contributed by atoms with Crippen LogP contribution < -0.4 is 0 Å². The molecule has 0 N–H and O–H groups in total. The molecule has 0 heterocycles. The van der Waals surface area contributed by atoms with E-state index in [0.717, 1.165) is 24.3 Å². The molecular formula is C6H14S2V. The topological polar surface area (TPSA) is 0 Å². The largest absolute Gasteiger partial charge is 2.00 e. The van der Waals surface area contributed by atoms with E-state index in [2.05, 4.69) is 39.1 Å². The Balaban J connectivity index is -0.0000000720. The molecule has 0 unspecified atom stereocenters. The Morgan fingerprint density at radius 2 is 1.00 bits per heavy atom. The Labute approximate surface area is 81.9 Å². The normalized spacial score (nSPS) is 6.67. The molecule has 0 aromatic heterocycles. The first-order chi connectivity index (χ1) is 3.83. The Morgan fingerprint density at radius 1 is 0.889 bits per heavy atom. The molecule has 0 atom stereocenters. The van der Waals surface area contributed by atoms with Gasteiger partial charge in [-0.05, 0) is 0 Å². The van der Waals surface area contributed by atoms with Gasteiger partial charge in [0, 0.05) is 0 Å². The predicted octanol–water partition coefficient (Wildman–Crippen LogP) is 1.88. The van der Waals surface area contributed by atoms with E-state index in [0.29, 0.717) is 0 Å². The van der Waals surface area contributed by atoms with Gasteiger partial charge in [-0.3, -0.25) is 0 Å². The molecule has 55 valence electrons. The van der Waals surface area contributed by atoms with Crippen LogP contribution in [0.2, 0.25) is 0 Å². The summed E-state index contributed by atoms with van der Waals surface area (Å²) in [5.41, 5.74) is 0. The van der Waals surface area contributed by atoms with E-state index < -0.39 is 0 Å². The first-order valence-corrected chi connectivity index (χ1v) is 4.15. The molecule has 0 nitrogen and oxygen atoms in total. The summed E-state index contributed by atoms with van der Waals surface area (Å²) in [5.74, 6) is 1.81. The van der Waals surface area contributed by atoms with Crippen molar-refractivity contribution >= 4 is 25.3 Å². The van der Waals surface area contributed by atoms with Gasteiger partial charge in [0.05, 0.1) is 0 Å². The molecule has 0 amide bonds. The number of rotatable bonds is 2. The summed E-state index contributed by atoms with van der Waals surface area (Å²) in [6, 6.07) is 0. The molecule has 1 radical (unpaired) electrons. The van der Waals surface area contributed by atoms with E-state index in [-0.39, 0.29) is 18.6 Å². The molecule has 0 saturated carbocycles. The summed E-state index contributed by atoms with van der Waals surface area (Å²) in [6.07, 6.45) is 2.27. The summed E-state index contributed by atoms with van der Waals surface area (Å²) in [4.78, 5) is 0. The maximum absolute atomic E-state index is 4.55. The van der Waals surface area contributed by atoms with Crippen LogP contribution in [0, 0.1) is 0 Å². The minimum atomic E-state index is 0. The Kier molecular flexibility index (Phi) is 42.4. The molecule has 0 fully saturated rings. The average Bonchev–Trinajstić information content (AvgIpc) is 1.88. The third kappa shape index (κ3) is 45.7. The first kappa shape index (κ1) is 16.7. The van der Waals surface area contributed by atoms with Gasteiger partial charge in [0.15, 0.2) is 0 Å². The van der Waals surface area contributed by atoms with E-state index in [9.17, 15) is 0 Å². The van der Waals surface area contributed by atoms with Gasteiger partial charge in [0.25, 0.3) is 0 Å². The van der Waals surface area contributed by atoms with Gasteiger partial charge in [-0.15, -0.1) is 0 Å². The fourth-order valence-corrected chi connectivity index (χ4v) is 0. The van der Waals surface area contributed by atoms with Crippen molar-refractivity contribution in [3.05, 3.63) is 0 Å². The Morgan fingerprint density at radius 3 is 1.00 bits per heavy atom.